The first-order valence-electron chi connectivity index (χ1n) is 11.8. The van der Waals surface area contributed by atoms with E-state index in [2.05, 4.69) is 16.8 Å². The summed E-state index contributed by atoms with van der Waals surface area (Å²) < 4.78 is 11.6. The molecule has 1 aliphatic heterocycles. The molecule has 35 heavy (non-hydrogen) atoms. The molecular weight excluding hydrogens is 462 g/mol. The lowest BCUT2D eigenvalue weighted by molar-refractivity contribution is -0.135. The van der Waals surface area contributed by atoms with Crippen LogP contribution >= 0.6 is 11.3 Å². The highest BCUT2D eigenvalue weighted by Crippen LogP contribution is 2.34. The van der Waals surface area contributed by atoms with Crippen molar-refractivity contribution in [1.82, 2.24) is 15.1 Å². The number of ether oxygens (including phenoxy) is 1. The molecule has 0 bridgehead atoms. The van der Waals surface area contributed by atoms with Gasteiger partial charge in [0, 0.05) is 17.0 Å². The molecule has 1 aliphatic rings. The van der Waals surface area contributed by atoms with Crippen molar-refractivity contribution in [2.24, 2.45) is 0 Å². The van der Waals surface area contributed by atoms with Gasteiger partial charge >= 0.3 is 6.03 Å². The molecule has 0 spiro atoms. The maximum absolute atomic E-state index is 13.6. The van der Waals surface area contributed by atoms with Crippen LogP contribution in [0.2, 0.25) is 0 Å². The van der Waals surface area contributed by atoms with Gasteiger partial charge in [0.15, 0.2) is 0 Å². The number of hydrogen-bond acceptors (Lipinski definition) is 5. The number of furan rings is 1. The third-order valence-electron chi connectivity index (χ3n) is 5.87. The number of amides is 3. The van der Waals surface area contributed by atoms with Gasteiger partial charge in [0.25, 0.3) is 0 Å². The van der Waals surface area contributed by atoms with E-state index in [0.29, 0.717) is 18.9 Å². The molecule has 3 amide bonds. The predicted molar refractivity (Wildman–Crippen MR) is 137 cm³/mol. The first-order chi connectivity index (χ1) is 16.7. The Hall–Kier alpha value is -3.26. The van der Waals surface area contributed by atoms with Gasteiger partial charge in [0.05, 0.1) is 18.8 Å². The highest BCUT2D eigenvalue weighted by atomic mass is 32.1. The number of hydrogen-bond donors (Lipinski definition) is 1. The summed E-state index contributed by atoms with van der Waals surface area (Å²) >= 11 is 1.71. The van der Waals surface area contributed by atoms with Crippen molar-refractivity contribution in [3.8, 4) is 5.75 Å². The van der Waals surface area contributed by atoms with Crippen LogP contribution in [0.15, 0.2) is 58.5 Å². The fourth-order valence-corrected chi connectivity index (χ4v) is 5.06. The van der Waals surface area contributed by atoms with Crippen molar-refractivity contribution < 1.29 is 18.7 Å². The Labute approximate surface area is 210 Å². The number of benzene rings is 1. The SMILES string of the molecule is Cc1ccc(OC[C@H]2c3ccsc3CCN2C(=O)CN(Cc2ccco2)C(=O)NC(C)(C)C)cc1. The molecule has 0 saturated carbocycles. The van der Waals surface area contributed by atoms with Crippen molar-refractivity contribution in [3.63, 3.8) is 0 Å². The summed E-state index contributed by atoms with van der Waals surface area (Å²) in [6.07, 6.45) is 2.37. The van der Waals surface area contributed by atoms with Crippen molar-refractivity contribution >= 4 is 23.3 Å². The topological polar surface area (TPSA) is 75.0 Å². The molecule has 186 valence electrons. The van der Waals surface area contributed by atoms with Crippen LogP contribution in [-0.2, 0) is 17.8 Å². The van der Waals surface area contributed by atoms with E-state index in [1.54, 1.807) is 29.7 Å². The number of thiophene rings is 1. The van der Waals surface area contributed by atoms with Crippen molar-refractivity contribution in [2.45, 2.75) is 52.2 Å². The van der Waals surface area contributed by atoms with E-state index < -0.39 is 5.54 Å². The number of nitrogens with one attached hydrogen (secondary N) is 1. The Morgan fingerprint density at radius 2 is 1.97 bits per heavy atom. The molecule has 1 aromatic carbocycles. The highest BCUT2D eigenvalue weighted by Gasteiger charge is 2.34. The molecule has 0 saturated heterocycles. The number of fused-ring (bicyclic) bond motifs is 1. The van der Waals surface area contributed by atoms with Crippen LogP contribution < -0.4 is 10.1 Å². The molecule has 8 heteroatoms. The maximum atomic E-state index is 13.6. The normalized spacial score (nSPS) is 15.4. The van der Waals surface area contributed by atoms with Gasteiger partial charge in [-0.1, -0.05) is 17.7 Å². The molecule has 0 aliphatic carbocycles. The largest absolute Gasteiger partial charge is 0.491 e. The number of urea groups is 1. The number of carbonyl (C=O) groups is 2. The first kappa shape index (κ1) is 24.9. The lowest BCUT2D eigenvalue weighted by Crippen LogP contribution is -2.52. The van der Waals surface area contributed by atoms with Gasteiger partial charge in [0.2, 0.25) is 5.91 Å². The molecule has 1 N–H and O–H groups in total. The number of rotatable bonds is 7. The highest BCUT2D eigenvalue weighted by molar-refractivity contribution is 7.10. The third-order valence-corrected chi connectivity index (χ3v) is 6.86. The monoisotopic (exact) mass is 495 g/mol. The van der Waals surface area contributed by atoms with Crippen LogP contribution in [0.25, 0.3) is 0 Å². The minimum Gasteiger partial charge on any atom is -0.491 e. The molecule has 3 aromatic rings. The van der Waals surface area contributed by atoms with Crippen LogP contribution in [0.1, 0.15) is 48.6 Å². The zero-order chi connectivity index (χ0) is 25.0. The smallest absolute Gasteiger partial charge is 0.318 e. The number of carbonyl (C=O) groups excluding carboxylic acids is 2. The second-order valence-corrected chi connectivity index (χ2v) is 10.9. The second-order valence-electron chi connectivity index (χ2n) is 9.89. The van der Waals surface area contributed by atoms with Crippen LogP contribution in [0.3, 0.4) is 0 Å². The molecule has 0 unspecified atom stereocenters. The van der Waals surface area contributed by atoms with Gasteiger partial charge in [-0.05, 0) is 75.4 Å². The summed E-state index contributed by atoms with van der Waals surface area (Å²) in [6.45, 7) is 8.88. The zero-order valence-electron chi connectivity index (χ0n) is 20.7. The van der Waals surface area contributed by atoms with Crippen molar-refractivity contribution in [2.75, 3.05) is 19.7 Å². The van der Waals surface area contributed by atoms with E-state index in [0.717, 1.165) is 23.3 Å². The summed E-state index contributed by atoms with van der Waals surface area (Å²) in [6, 6.07) is 13.1. The first-order valence-corrected chi connectivity index (χ1v) is 12.7. The minimum absolute atomic E-state index is 0.0525. The summed E-state index contributed by atoms with van der Waals surface area (Å²) in [5, 5.41) is 5.03. The summed E-state index contributed by atoms with van der Waals surface area (Å²) in [5.41, 5.74) is 1.86. The van der Waals surface area contributed by atoms with Crippen molar-refractivity contribution in [3.05, 3.63) is 75.9 Å². The fraction of sp³-hybridized carbons (Fsp3) is 0.407. The van der Waals surface area contributed by atoms with E-state index in [1.165, 1.54) is 9.78 Å². The van der Waals surface area contributed by atoms with Gasteiger partial charge in [-0.3, -0.25) is 4.79 Å². The van der Waals surface area contributed by atoms with Gasteiger partial charge in [-0.25, -0.2) is 4.79 Å². The lowest BCUT2D eigenvalue weighted by Gasteiger charge is -2.37. The van der Waals surface area contributed by atoms with E-state index in [4.69, 9.17) is 9.15 Å². The number of aryl methyl sites for hydroxylation is 1. The second kappa shape index (κ2) is 10.6. The standard InChI is InChI=1S/C27H33N3O4S/c1-19-7-9-20(10-8-19)34-18-23-22-12-15-35-24(22)11-13-30(23)25(31)17-29(16-21-6-5-14-33-21)26(32)28-27(2,3)4/h5-10,12,14-15,23H,11,13,16-18H2,1-4H3,(H,28,32)/t23-/m0/s1. The summed E-state index contributed by atoms with van der Waals surface area (Å²) in [4.78, 5) is 31.3. The molecule has 2 aromatic heterocycles. The molecule has 7 nitrogen and oxygen atoms in total. The molecule has 3 heterocycles. The molecular formula is C27H33N3O4S. The lowest BCUT2D eigenvalue weighted by atomic mass is 10.0. The zero-order valence-corrected chi connectivity index (χ0v) is 21.6. The van der Waals surface area contributed by atoms with Gasteiger partial charge < -0.3 is 24.3 Å². The molecule has 1 atom stereocenters. The predicted octanol–water partition coefficient (Wildman–Crippen LogP) is 5.16. The Morgan fingerprint density at radius 3 is 2.66 bits per heavy atom. The summed E-state index contributed by atoms with van der Waals surface area (Å²) in [7, 11) is 0. The van der Waals surface area contributed by atoms with Gasteiger partial charge in [-0.2, -0.15) is 0 Å². The Balaban J connectivity index is 1.52. The fourth-order valence-electron chi connectivity index (χ4n) is 4.13. The Kier molecular flexibility index (Phi) is 7.50. The average Bonchev–Trinajstić information content (AvgIpc) is 3.48. The van der Waals surface area contributed by atoms with E-state index in [1.807, 2.05) is 56.9 Å². The van der Waals surface area contributed by atoms with Crippen LogP contribution in [0.4, 0.5) is 4.79 Å². The van der Waals surface area contributed by atoms with Gasteiger partial charge in [0.1, 0.15) is 24.7 Å². The summed E-state index contributed by atoms with van der Waals surface area (Å²) in [5.74, 6) is 1.28. The van der Waals surface area contributed by atoms with Crippen LogP contribution in [0.5, 0.6) is 5.75 Å². The number of nitrogens with zero attached hydrogens (tertiary/aromatic N) is 2. The van der Waals surface area contributed by atoms with Gasteiger partial charge in [-0.15, -0.1) is 11.3 Å². The minimum atomic E-state index is -0.428. The molecule has 4 rings (SSSR count). The van der Waals surface area contributed by atoms with Crippen LogP contribution in [-0.4, -0.2) is 47.0 Å². The van der Waals surface area contributed by atoms with E-state index in [9.17, 15) is 9.59 Å². The third kappa shape index (κ3) is 6.45. The molecule has 0 radical (unpaired) electrons. The molecule has 0 fully saturated rings. The van der Waals surface area contributed by atoms with E-state index in [-0.39, 0.29) is 31.1 Å². The quantitative estimate of drug-likeness (QED) is 0.491. The van der Waals surface area contributed by atoms with Crippen LogP contribution in [0, 0.1) is 6.92 Å². The average molecular weight is 496 g/mol. The Morgan fingerprint density at radius 1 is 1.20 bits per heavy atom. The Bertz CT molecular complexity index is 1130. The van der Waals surface area contributed by atoms with Crippen molar-refractivity contribution in [1.29, 1.82) is 0 Å². The van der Waals surface area contributed by atoms with E-state index >= 15 is 0 Å². The maximum Gasteiger partial charge on any atom is 0.318 e.